The molecule has 4 heteroatoms. The van der Waals surface area contributed by atoms with E-state index in [-0.39, 0.29) is 0 Å². The zero-order chi connectivity index (χ0) is 12.0. The lowest BCUT2D eigenvalue weighted by Gasteiger charge is -2.27. The van der Waals surface area contributed by atoms with Crippen molar-refractivity contribution in [3.05, 3.63) is 17.5 Å². The molecule has 2 fully saturated rings. The van der Waals surface area contributed by atoms with Gasteiger partial charge in [0.05, 0.1) is 5.69 Å². The lowest BCUT2D eigenvalue weighted by atomic mass is 9.94. The number of hydrogen-bond acceptors (Lipinski definition) is 3. The van der Waals surface area contributed by atoms with E-state index in [1.807, 2.05) is 11.7 Å². The maximum absolute atomic E-state index is 5.95. The Bertz CT molecular complexity index is 408. The molecule has 3 rings (SSSR count). The third kappa shape index (κ3) is 1.89. The number of aryl methyl sites for hydroxylation is 2. The van der Waals surface area contributed by atoms with Crippen molar-refractivity contribution in [2.75, 3.05) is 13.1 Å². The Morgan fingerprint density at radius 2 is 2.18 bits per heavy atom. The average molecular weight is 234 g/mol. The van der Waals surface area contributed by atoms with Crippen LogP contribution in [0.1, 0.15) is 36.6 Å². The molecule has 1 saturated carbocycles. The first kappa shape index (κ1) is 11.2. The Kier molecular flexibility index (Phi) is 2.71. The molecule has 2 unspecified atom stereocenters. The van der Waals surface area contributed by atoms with E-state index in [0.29, 0.717) is 12.0 Å². The predicted octanol–water partition coefficient (Wildman–Crippen LogP) is 1.21. The van der Waals surface area contributed by atoms with Crippen molar-refractivity contribution in [3.63, 3.8) is 0 Å². The van der Waals surface area contributed by atoms with Crippen LogP contribution in [0.4, 0.5) is 0 Å². The minimum absolute atomic E-state index is 0.515. The second-order valence-corrected chi connectivity index (χ2v) is 5.54. The van der Waals surface area contributed by atoms with Crippen molar-refractivity contribution >= 4 is 0 Å². The molecule has 1 aliphatic carbocycles. The van der Waals surface area contributed by atoms with Crippen LogP contribution in [-0.4, -0.2) is 33.8 Å². The van der Waals surface area contributed by atoms with Crippen LogP contribution in [0.15, 0.2) is 6.20 Å². The summed E-state index contributed by atoms with van der Waals surface area (Å²) in [5, 5.41) is 4.49. The molecule has 2 atom stereocenters. The molecule has 1 aliphatic heterocycles. The standard InChI is InChI=1S/C13H22N4/c1-9-12(8-16(2)15-9)13-10(7-14)5-6-17(13)11-3-4-11/h8,10-11,13H,3-7,14H2,1-2H3. The summed E-state index contributed by atoms with van der Waals surface area (Å²) in [6, 6.07) is 1.33. The molecule has 0 aromatic carbocycles. The van der Waals surface area contributed by atoms with Crippen molar-refractivity contribution in [2.24, 2.45) is 18.7 Å². The van der Waals surface area contributed by atoms with Crippen LogP contribution in [0.3, 0.4) is 0 Å². The highest BCUT2D eigenvalue weighted by atomic mass is 15.3. The molecule has 0 amide bonds. The maximum atomic E-state index is 5.95. The highest BCUT2D eigenvalue weighted by molar-refractivity contribution is 5.23. The molecule has 0 bridgehead atoms. The molecular weight excluding hydrogens is 212 g/mol. The Balaban J connectivity index is 1.93. The number of rotatable bonds is 3. The van der Waals surface area contributed by atoms with E-state index in [4.69, 9.17) is 5.73 Å². The van der Waals surface area contributed by atoms with Gasteiger partial charge >= 0.3 is 0 Å². The van der Waals surface area contributed by atoms with Gasteiger partial charge in [0.1, 0.15) is 0 Å². The average Bonchev–Trinajstić information content (AvgIpc) is 2.97. The summed E-state index contributed by atoms with van der Waals surface area (Å²) in [7, 11) is 2.00. The van der Waals surface area contributed by atoms with Crippen LogP contribution in [0.2, 0.25) is 0 Å². The largest absolute Gasteiger partial charge is 0.330 e. The van der Waals surface area contributed by atoms with E-state index in [1.165, 1.54) is 37.1 Å². The number of nitrogens with zero attached hydrogens (tertiary/aromatic N) is 3. The molecule has 2 aliphatic rings. The van der Waals surface area contributed by atoms with E-state index < -0.39 is 0 Å². The van der Waals surface area contributed by atoms with Crippen molar-refractivity contribution in [1.82, 2.24) is 14.7 Å². The fraction of sp³-hybridized carbons (Fsp3) is 0.769. The van der Waals surface area contributed by atoms with E-state index >= 15 is 0 Å². The molecule has 94 valence electrons. The summed E-state index contributed by atoms with van der Waals surface area (Å²) in [4.78, 5) is 2.67. The first-order chi connectivity index (χ1) is 8.20. The summed E-state index contributed by atoms with van der Waals surface area (Å²) >= 11 is 0. The highest BCUT2D eigenvalue weighted by Crippen LogP contribution is 2.44. The van der Waals surface area contributed by atoms with Gasteiger partial charge in [-0.3, -0.25) is 9.58 Å². The van der Waals surface area contributed by atoms with Gasteiger partial charge in [-0.15, -0.1) is 0 Å². The van der Waals surface area contributed by atoms with Gasteiger partial charge < -0.3 is 5.73 Å². The molecule has 1 aromatic heterocycles. The number of likely N-dealkylation sites (tertiary alicyclic amines) is 1. The van der Waals surface area contributed by atoms with Gasteiger partial charge in [0.2, 0.25) is 0 Å². The Hall–Kier alpha value is -0.870. The first-order valence-corrected chi connectivity index (χ1v) is 6.66. The van der Waals surface area contributed by atoms with Crippen LogP contribution < -0.4 is 5.73 Å². The number of aromatic nitrogens is 2. The third-order valence-electron chi connectivity index (χ3n) is 4.25. The molecule has 0 spiro atoms. The molecule has 2 N–H and O–H groups in total. The number of hydrogen-bond donors (Lipinski definition) is 1. The molecule has 0 radical (unpaired) electrons. The first-order valence-electron chi connectivity index (χ1n) is 6.66. The Morgan fingerprint density at radius 1 is 1.41 bits per heavy atom. The van der Waals surface area contributed by atoms with Gasteiger partial charge in [0.25, 0.3) is 0 Å². The normalized spacial score (nSPS) is 30.1. The lowest BCUT2D eigenvalue weighted by Crippen LogP contribution is -2.30. The lowest BCUT2D eigenvalue weighted by molar-refractivity contribution is 0.219. The van der Waals surface area contributed by atoms with E-state index in [0.717, 1.165) is 12.6 Å². The van der Waals surface area contributed by atoms with Crippen molar-refractivity contribution in [1.29, 1.82) is 0 Å². The zero-order valence-electron chi connectivity index (χ0n) is 10.8. The fourth-order valence-corrected chi connectivity index (χ4v) is 3.29. The minimum Gasteiger partial charge on any atom is -0.330 e. The smallest absolute Gasteiger partial charge is 0.0641 e. The van der Waals surface area contributed by atoms with Crippen LogP contribution >= 0.6 is 0 Å². The van der Waals surface area contributed by atoms with E-state index in [2.05, 4.69) is 23.1 Å². The summed E-state index contributed by atoms with van der Waals surface area (Å²) in [5.74, 6) is 0.610. The van der Waals surface area contributed by atoms with E-state index in [9.17, 15) is 0 Å². The fourth-order valence-electron chi connectivity index (χ4n) is 3.29. The van der Waals surface area contributed by atoms with Gasteiger partial charge in [-0.25, -0.2) is 0 Å². The molecule has 2 heterocycles. The Labute approximate surface area is 103 Å². The summed E-state index contributed by atoms with van der Waals surface area (Å²) < 4.78 is 1.93. The highest BCUT2D eigenvalue weighted by Gasteiger charge is 2.43. The molecule has 1 saturated heterocycles. The monoisotopic (exact) mass is 234 g/mol. The van der Waals surface area contributed by atoms with Gasteiger partial charge in [-0.2, -0.15) is 5.10 Å². The minimum atomic E-state index is 0.515. The van der Waals surface area contributed by atoms with Crippen molar-refractivity contribution < 1.29 is 0 Å². The summed E-state index contributed by atoms with van der Waals surface area (Å²) in [6.07, 6.45) is 6.16. The summed E-state index contributed by atoms with van der Waals surface area (Å²) in [5.41, 5.74) is 8.51. The zero-order valence-corrected chi connectivity index (χ0v) is 10.8. The van der Waals surface area contributed by atoms with Gasteiger partial charge in [-0.05, 0) is 45.2 Å². The van der Waals surface area contributed by atoms with Gasteiger partial charge in [0, 0.05) is 30.9 Å². The molecule has 4 nitrogen and oxygen atoms in total. The van der Waals surface area contributed by atoms with Crippen molar-refractivity contribution in [2.45, 2.75) is 38.3 Å². The van der Waals surface area contributed by atoms with Crippen LogP contribution in [-0.2, 0) is 7.05 Å². The molecular formula is C13H22N4. The van der Waals surface area contributed by atoms with Crippen LogP contribution in [0.5, 0.6) is 0 Å². The van der Waals surface area contributed by atoms with Crippen LogP contribution in [0, 0.1) is 12.8 Å². The molecule has 1 aromatic rings. The number of nitrogens with two attached hydrogens (primary N) is 1. The quantitative estimate of drug-likeness (QED) is 0.855. The summed E-state index contributed by atoms with van der Waals surface area (Å²) in [6.45, 7) is 4.13. The Morgan fingerprint density at radius 3 is 2.71 bits per heavy atom. The second-order valence-electron chi connectivity index (χ2n) is 5.54. The van der Waals surface area contributed by atoms with Gasteiger partial charge in [-0.1, -0.05) is 0 Å². The third-order valence-corrected chi connectivity index (χ3v) is 4.25. The van der Waals surface area contributed by atoms with Gasteiger partial charge in [0.15, 0.2) is 0 Å². The topological polar surface area (TPSA) is 47.1 Å². The predicted molar refractivity (Wildman–Crippen MR) is 67.6 cm³/mol. The molecule has 17 heavy (non-hydrogen) atoms. The van der Waals surface area contributed by atoms with Crippen molar-refractivity contribution in [3.8, 4) is 0 Å². The van der Waals surface area contributed by atoms with E-state index in [1.54, 1.807) is 0 Å². The SMILES string of the molecule is Cc1nn(C)cc1C1C(CN)CCN1C1CC1. The second kappa shape index (κ2) is 4.10. The maximum Gasteiger partial charge on any atom is 0.0641 e. The van der Waals surface area contributed by atoms with Crippen LogP contribution in [0.25, 0.3) is 0 Å².